The Balaban J connectivity index is 4.99. The molecule has 0 aliphatic carbocycles. The summed E-state index contributed by atoms with van der Waals surface area (Å²) in [6.07, 6.45) is 75.2. The molecule has 0 aromatic carbocycles. The predicted molar refractivity (Wildman–Crippen MR) is 342 cm³/mol. The number of phosphoric acid groups is 1. The zero-order chi connectivity index (χ0) is 57.9. The van der Waals surface area contributed by atoms with E-state index in [4.69, 9.17) is 13.8 Å². The van der Waals surface area contributed by atoms with Gasteiger partial charge in [0.05, 0.1) is 33.8 Å². The molecule has 0 aromatic rings. The minimum absolute atomic E-state index is 0.0383. The van der Waals surface area contributed by atoms with Gasteiger partial charge in [0.1, 0.15) is 19.3 Å². The average Bonchev–Trinajstić information content (AvgIpc) is 3.41. The lowest BCUT2D eigenvalue weighted by Crippen LogP contribution is -2.47. The quantitative estimate of drug-likeness (QED) is 0.0156. The van der Waals surface area contributed by atoms with Gasteiger partial charge in [0.25, 0.3) is 0 Å². The van der Waals surface area contributed by atoms with Gasteiger partial charge in [-0.1, -0.05) is 275 Å². The van der Waals surface area contributed by atoms with E-state index in [1.165, 1.54) is 199 Å². The monoisotopic (exact) mass is 1130 g/mol. The molecular formula is C69H130N2O7P+. The number of amides is 1. The summed E-state index contributed by atoms with van der Waals surface area (Å²) in [5, 5.41) is 3.06. The largest absolute Gasteiger partial charge is 0.472 e. The summed E-state index contributed by atoms with van der Waals surface area (Å²) in [5.41, 5.74) is 0. The highest BCUT2D eigenvalue weighted by Crippen LogP contribution is 2.43. The van der Waals surface area contributed by atoms with Crippen LogP contribution in [0.2, 0.25) is 0 Å². The Morgan fingerprint density at radius 1 is 0.456 bits per heavy atom. The third-order valence-corrected chi connectivity index (χ3v) is 15.9. The summed E-state index contributed by atoms with van der Waals surface area (Å²) in [5.74, 6) is -0.510. The van der Waals surface area contributed by atoms with Crippen molar-refractivity contribution in [2.75, 3.05) is 40.9 Å². The first-order valence-electron chi connectivity index (χ1n) is 33.6. The molecule has 9 nitrogen and oxygen atoms in total. The van der Waals surface area contributed by atoms with Gasteiger partial charge in [0.2, 0.25) is 5.91 Å². The maximum absolute atomic E-state index is 13.6. The van der Waals surface area contributed by atoms with E-state index in [0.717, 1.165) is 83.5 Å². The first-order chi connectivity index (χ1) is 38.4. The number of quaternary nitrogens is 1. The molecule has 0 fully saturated rings. The lowest BCUT2D eigenvalue weighted by Gasteiger charge is -2.27. The van der Waals surface area contributed by atoms with Crippen LogP contribution in [0.25, 0.3) is 0 Å². The molecule has 3 atom stereocenters. The smallest absolute Gasteiger partial charge is 0.456 e. The summed E-state index contributed by atoms with van der Waals surface area (Å²) < 4.78 is 30.7. The van der Waals surface area contributed by atoms with E-state index in [1.807, 2.05) is 33.3 Å². The molecule has 79 heavy (non-hydrogen) atoms. The van der Waals surface area contributed by atoms with Crippen molar-refractivity contribution in [1.29, 1.82) is 0 Å². The highest BCUT2D eigenvalue weighted by molar-refractivity contribution is 7.47. The van der Waals surface area contributed by atoms with E-state index in [1.54, 1.807) is 0 Å². The van der Waals surface area contributed by atoms with Gasteiger partial charge >= 0.3 is 13.8 Å². The molecule has 0 radical (unpaired) electrons. The predicted octanol–water partition coefficient (Wildman–Crippen LogP) is 21.0. The summed E-state index contributed by atoms with van der Waals surface area (Å²) in [7, 11) is 1.49. The highest BCUT2D eigenvalue weighted by atomic mass is 31.2. The average molecular weight is 1130 g/mol. The topological polar surface area (TPSA) is 111 Å². The number of carbonyl (C=O) groups excluding carboxylic acids is 2. The van der Waals surface area contributed by atoms with Gasteiger partial charge in [0.15, 0.2) is 0 Å². The molecule has 0 aromatic heterocycles. The van der Waals surface area contributed by atoms with E-state index >= 15 is 0 Å². The fourth-order valence-corrected chi connectivity index (χ4v) is 10.5. The molecule has 10 heteroatoms. The zero-order valence-corrected chi connectivity index (χ0v) is 53.8. The molecule has 0 heterocycles. The Kier molecular flexibility index (Phi) is 57.2. The third kappa shape index (κ3) is 60.1. The van der Waals surface area contributed by atoms with Crippen LogP contribution in [0.5, 0.6) is 0 Å². The van der Waals surface area contributed by atoms with Crippen molar-refractivity contribution in [3.8, 4) is 0 Å². The molecule has 3 unspecified atom stereocenters. The molecule has 462 valence electrons. The number of allylic oxidation sites excluding steroid dienone is 9. The number of nitrogens with zero attached hydrogens (tertiary/aromatic N) is 1. The molecule has 0 aliphatic heterocycles. The van der Waals surface area contributed by atoms with Gasteiger partial charge < -0.3 is 19.4 Å². The fourth-order valence-electron chi connectivity index (χ4n) is 9.73. The number of esters is 1. The molecular weight excluding hydrogens is 1000 g/mol. The minimum atomic E-state index is -4.45. The van der Waals surface area contributed by atoms with Gasteiger partial charge in [-0.05, 0) is 89.5 Å². The number of carbonyl (C=O) groups is 2. The van der Waals surface area contributed by atoms with Crippen molar-refractivity contribution in [3.05, 3.63) is 60.8 Å². The SMILES string of the molecule is CCCCC/C=C\C/C=C\CCCCCCCCCCCCCCCCCCCC(=O)NC(COP(=O)(O)OCC[N+](C)(C)C)C(/C=C\CCCCCCCCCCC)OC(=O)CCCCCCCC/C=C/C=C/CCCCC. The first kappa shape index (κ1) is 76.7. The Hall–Kier alpha value is -2.29. The molecule has 0 saturated carbocycles. The van der Waals surface area contributed by atoms with Crippen LogP contribution < -0.4 is 5.32 Å². The Morgan fingerprint density at radius 2 is 0.810 bits per heavy atom. The number of hydrogen-bond acceptors (Lipinski definition) is 6. The number of ether oxygens (including phenoxy) is 1. The van der Waals surface area contributed by atoms with Crippen LogP contribution in [0.1, 0.15) is 316 Å². The van der Waals surface area contributed by atoms with Crippen LogP contribution in [0.15, 0.2) is 60.8 Å². The number of rotatable bonds is 61. The normalized spacial score (nSPS) is 14.0. The number of likely N-dealkylation sites (N-methyl/N-ethyl adjacent to an activating group) is 1. The van der Waals surface area contributed by atoms with E-state index in [9.17, 15) is 19.0 Å². The second-order valence-corrected chi connectivity index (χ2v) is 25.5. The Morgan fingerprint density at radius 3 is 1.24 bits per heavy atom. The molecule has 0 aliphatic rings. The van der Waals surface area contributed by atoms with Crippen LogP contribution in [0, 0.1) is 0 Å². The molecule has 0 saturated heterocycles. The molecule has 0 rings (SSSR count). The minimum Gasteiger partial charge on any atom is -0.456 e. The third-order valence-electron chi connectivity index (χ3n) is 15.0. The zero-order valence-electron chi connectivity index (χ0n) is 52.9. The van der Waals surface area contributed by atoms with Crippen LogP contribution in [0.4, 0.5) is 0 Å². The maximum atomic E-state index is 13.6. The van der Waals surface area contributed by atoms with Gasteiger partial charge in [0, 0.05) is 12.8 Å². The van der Waals surface area contributed by atoms with Crippen LogP contribution in [-0.2, 0) is 27.9 Å². The highest BCUT2D eigenvalue weighted by Gasteiger charge is 2.30. The van der Waals surface area contributed by atoms with Crippen molar-refractivity contribution >= 4 is 19.7 Å². The molecule has 0 spiro atoms. The van der Waals surface area contributed by atoms with Crippen LogP contribution >= 0.6 is 7.82 Å². The van der Waals surface area contributed by atoms with E-state index in [-0.39, 0.29) is 31.5 Å². The van der Waals surface area contributed by atoms with Crippen molar-refractivity contribution in [3.63, 3.8) is 0 Å². The Labute approximate surface area is 490 Å². The summed E-state index contributed by atoms with van der Waals surface area (Å²) in [4.78, 5) is 37.7. The van der Waals surface area contributed by atoms with Gasteiger partial charge in [-0.2, -0.15) is 0 Å². The van der Waals surface area contributed by atoms with E-state index in [0.29, 0.717) is 17.4 Å². The maximum Gasteiger partial charge on any atom is 0.472 e. The van der Waals surface area contributed by atoms with Crippen molar-refractivity contribution in [1.82, 2.24) is 5.32 Å². The Bertz CT molecular complexity index is 1540. The molecule has 2 N–H and O–H groups in total. The van der Waals surface area contributed by atoms with Gasteiger partial charge in [-0.25, -0.2) is 4.57 Å². The standard InChI is InChI=1S/C69H129N2O7P/c1-7-10-13-16-19-22-25-27-29-30-31-32-33-34-35-36-37-38-39-40-42-43-46-49-52-55-58-61-68(72)70-66(65-77-79(74,75)76-64-63-71(4,5)6)67(60-57-54-51-48-45-24-21-18-15-12-9-3)78-69(73)62-59-56-53-50-47-44-41-28-26-23-20-17-14-11-8-2/h19-20,22-23,26-29,57,60,66-67H,7-18,21,24-25,30-56,58-59,61-65H2,1-6H3,(H-,70,72,74,75)/p+1/b22-19-,23-20+,28-26+,29-27-,60-57-. The van der Waals surface area contributed by atoms with Crippen LogP contribution in [-0.4, -0.2) is 74.3 Å². The second-order valence-electron chi connectivity index (χ2n) is 24.0. The number of phosphoric ester groups is 1. The van der Waals surface area contributed by atoms with Crippen molar-refractivity contribution < 1.29 is 37.3 Å². The number of nitrogens with one attached hydrogen (secondary N) is 1. The first-order valence-corrected chi connectivity index (χ1v) is 35.1. The summed E-state index contributed by atoms with van der Waals surface area (Å²) in [6.45, 7) is 6.97. The van der Waals surface area contributed by atoms with E-state index in [2.05, 4.69) is 74.7 Å². The second kappa shape index (κ2) is 58.9. The lowest BCUT2D eigenvalue weighted by atomic mass is 10.0. The van der Waals surface area contributed by atoms with Crippen molar-refractivity contribution in [2.45, 2.75) is 328 Å². The van der Waals surface area contributed by atoms with Crippen LogP contribution in [0.3, 0.4) is 0 Å². The molecule has 0 bridgehead atoms. The number of unbranched alkanes of at least 4 members (excludes halogenated alkanes) is 38. The number of hydrogen-bond donors (Lipinski definition) is 2. The molecule has 1 amide bonds. The van der Waals surface area contributed by atoms with Gasteiger partial charge in [-0.3, -0.25) is 18.6 Å². The summed E-state index contributed by atoms with van der Waals surface area (Å²) in [6, 6.07) is -0.852. The summed E-state index contributed by atoms with van der Waals surface area (Å²) >= 11 is 0. The van der Waals surface area contributed by atoms with E-state index < -0.39 is 20.0 Å². The van der Waals surface area contributed by atoms with Crippen molar-refractivity contribution in [2.24, 2.45) is 0 Å². The lowest BCUT2D eigenvalue weighted by molar-refractivity contribution is -0.870. The fraction of sp³-hybridized carbons (Fsp3) is 0.826. The van der Waals surface area contributed by atoms with Gasteiger partial charge in [-0.15, -0.1) is 0 Å².